The van der Waals surface area contributed by atoms with Gasteiger partial charge in [0.25, 0.3) is 0 Å². The van der Waals surface area contributed by atoms with Crippen molar-refractivity contribution < 1.29 is 9.50 Å². The zero-order chi connectivity index (χ0) is 13.2. The van der Waals surface area contributed by atoms with Crippen LogP contribution >= 0.6 is 0 Å². The minimum atomic E-state index is -1.13. The zero-order valence-electron chi connectivity index (χ0n) is 10.1. The number of anilines is 1. The fraction of sp³-hybridized carbons (Fsp3) is 0.214. The summed E-state index contributed by atoms with van der Waals surface area (Å²) in [4.78, 5) is 3.97. The van der Waals surface area contributed by atoms with E-state index in [1.54, 1.807) is 37.5 Å². The summed E-state index contributed by atoms with van der Waals surface area (Å²) in [7, 11) is 0. The van der Waals surface area contributed by atoms with Gasteiger partial charge in [0.1, 0.15) is 5.82 Å². The third kappa shape index (κ3) is 2.65. The monoisotopic (exact) mass is 246 g/mol. The Hall–Kier alpha value is -1.94. The Balaban J connectivity index is 2.27. The maximum Gasteiger partial charge on any atom is 0.123 e. The van der Waals surface area contributed by atoms with Crippen LogP contribution in [0.5, 0.6) is 0 Å². The van der Waals surface area contributed by atoms with E-state index < -0.39 is 5.60 Å². The summed E-state index contributed by atoms with van der Waals surface area (Å²) >= 11 is 0. The van der Waals surface area contributed by atoms with Crippen LogP contribution in [0.2, 0.25) is 0 Å². The molecule has 0 fully saturated rings. The first-order valence-electron chi connectivity index (χ1n) is 5.66. The first kappa shape index (κ1) is 12.5. The van der Waals surface area contributed by atoms with E-state index in [0.29, 0.717) is 17.7 Å². The van der Waals surface area contributed by atoms with E-state index in [9.17, 15) is 9.50 Å². The van der Waals surface area contributed by atoms with Crippen molar-refractivity contribution in [3.63, 3.8) is 0 Å². The molecule has 0 amide bonds. The van der Waals surface area contributed by atoms with Gasteiger partial charge in [0, 0.05) is 30.1 Å². The molecule has 1 unspecified atom stereocenters. The predicted molar refractivity (Wildman–Crippen MR) is 68.3 cm³/mol. The van der Waals surface area contributed by atoms with E-state index in [0.717, 1.165) is 5.56 Å². The van der Waals surface area contributed by atoms with Crippen LogP contribution in [0.3, 0.4) is 0 Å². The smallest absolute Gasteiger partial charge is 0.123 e. The quantitative estimate of drug-likeness (QED) is 0.873. The Morgan fingerprint density at radius 3 is 2.56 bits per heavy atom. The summed E-state index contributed by atoms with van der Waals surface area (Å²) in [5.41, 5.74) is 6.61. The molecule has 0 spiro atoms. The van der Waals surface area contributed by atoms with E-state index >= 15 is 0 Å². The van der Waals surface area contributed by atoms with Crippen molar-refractivity contribution >= 4 is 5.69 Å². The minimum Gasteiger partial charge on any atom is -0.398 e. The largest absolute Gasteiger partial charge is 0.398 e. The topological polar surface area (TPSA) is 59.1 Å². The van der Waals surface area contributed by atoms with Crippen molar-refractivity contribution in [3.05, 3.63) is 59.7 Å². The molecule has 0 saturated heterocycles. The summed E-state index contributed by atoms with van der Waals surface area (Å²) in [6.45, 7) is 1.67. The van der Waals surface area contributed by atoms with E-state index in [1.165, 1.54) is 12.1 Å². The molecule has 0 radical (unpaired) electrons. The number of benzene rings is 1. The Labute approximate surface area is 105 Å². The number of aliphatic hydroxyl groups is 1. The average Bonchev–Trinajstić information content (AvgIpc) is 2.32. The Morgan fingerprint density at radius 2 is 1.94 bits per heavy atom. The first-order chi connectivity index (χ1) is 8.49. The lowest BCUT2D eigenvalue weighted by atomic mass is 9.89. The maximum atomic E-state index is 12.8. The molecule has 1 atom stereocenters. The maximum absolute atomic E-state index is 12.8. The Bertz CT molecular complexity index is 538. The molecule has 3 nitrogen and oxygen atoms in total. The van der Waals surface area contributed by atoms with Gasteiger partial charge in [-0.25, -0.2) is 4.39 Å². The lowest BCUT2D eigenvalue weighted by Gasteiger charge is -2.25. The van der Waals surface area contributed by atoms with Gasteiger partial charge in [0.15, 0.2) is 0 Å². The number of nitrogen functional groups attached to an aromatic ring is 1. The molecule has 0 aliphatic rings. The third-order valence-corrected chi connectivity index (χ3v) is 2.90. The van der Waals surface area contributed by atoms with Crippen LogP contribution in [-0.4, -0.2) is 10.1 Å². The highest BCUT2D eigenvalue weighted by atomic mass is 19.1. The normalized spacial score (nSPS) is 14.2. The first-order valence-corrected chi connectivity index (χ1v) is 5.66. The zero-order valence-corrected chi connectivity index (χ0v) is 10.1. The lowest BCUT2D eigenvalue weighted by molar-refractivity contribution is 0.0580. The minimum absolute atomic E-state index is 0.292. The molecule has 1 aromatic carbocycles. The highest BCUT2D eigenvalue weighted by Crippen LogP contribution is 2.28. The third-order valence-electron chi connectivity index (χ3n) is 2.90. The molecule has 3 N–H and O–H groups in total. The van der Waals surface area contributed by atoms with E-state index in [-0.39, 0.29) is 5.82 Å². The molecular formula is C14H15FN2O. The van der Waals surface area contributed by atoms with Crippen molar-refractivity contribution in [2.75, 3.05) is 5.73 Å². The Kier molecular flexibility index (Phi) is 3.30. The van der Waals surface area contributed by atoms with Gasteiger partial charge < -0.3 is 10.8 Å². The van der Waals surface area contributed by atoms with Crippen molar-refractivity contribution in [2.24, 2.45) is 0 Å². The molecule has 1 heterocycles. The molecule has 2 aromatic rings. The molecule has 2 rings (SSSR count). The van der Waals surface area contributed by atoms with Crippen molar-refractivity contribution in [3.8, 4) is 0 Å². The van der Waals surface area contributed by atoms with Gasteiger partial charge in [0.2, 0.25) is 0 Å². The van der Waals surface area contributed by atoms with Crippen LogP contribution < -0.4 is 5.73 Å². The summed E-state index contributed by atoms with van der Waals surface area (Å²) < 4.78 is 12.8. The van der Waals surface area contributed by atoms with Gasteiger partial charge in [-0.1, -0.05) is 12.1 Å². The van der Waals surface area contributed by atoms with Gasteiger partial charge in [0.05, 0.1) is 5.60 Å². The van der Waals surface area contributed by atoms with E-state index in [1.807, 2.05) is 0 Å². The number of rotatable bonds is 3. The van der Waals surface area contributed by atoms with Crippen molar-refractivity contribution in [1.82, 2.24) is 4.98 Å². The number of nitrogens with two attached hydrogens (primary N) is 1. The molecule has 94 valence electrons. The summed E-state index contributed by atoms with van der Waals surface area (Å²) in [5, 5.41) is 10.5. The molecule has 0 saturated carbocycles. The second-order valence-electron chi connectivity index (χ2n) is 4.54. The van der Waals surface area contributed by atoms with Gasteiger partial charge >= 0.3 is 0 Å². The highest BCUT2D eigenvalue weighted by molar-refractivity contribution is 5.48. The van der Waals surface area contributed by atoms with Crippen LogP contribution in [0.15, 0.2) is 42.7 Å². The summed E-state index contributed by atoms with van der Waals surface area (Å²) in [6, 6.07) is 7.69. The predicted octanol–water partition coefficient (Wildman–Crippen LogP) is 2.25. The molecule has 4 heteroatoms. The molecule has 0 bridgehead atoms. The number of pyridine rings is 1. The van der Waals surface area contributed by atoms with Crippen LogP contribution in [0.4, 0.5) is 10.1 Å². The molecule has 18 heavy (non-hydrogen) atoms. The second kappa shape index (κ2) is 4.74. The standard InChI is InChI=1S/C14H15FN2O/c1-14(18,12-9-17-7-6-13(12)16)8-10-2-4-11(15)5-3-10/h2-7,9,18H,8H2,1H3,(H2,16,17). The van der Waals surface area contributed by atoms with Gasteiger partial charge in [-0.3, -0.25) is 4.98 Å². The van der Waals surface area contributed by atoms with Gasteiger partial charge in [-0.05, 0) is 30.7 Å². The summed E-state index contributed by atoms with van der Waals surface area (Å²) in [6.07, 6.45) is 3.48. The SMILES string of the molecule is CC(O)(Cc1ccc(F)cc1)c1cnccc1N. The molecular weight excluding hydrogens is 231 g/mol. The fourth-order valence-electron chi connectivity index (χ4n) is 1.95. The lowest BCUT2D eigenvalue weighted by Crippen LogP contribution is -2.25. The van der Waals surface area contributed by atoms with Gasteiger partial charge in [-0.2, -0.15) is 0 Å². The average molecular weight is 246 g/mol. The molecule has 0 aliphatic carbocycles. The number of halogens is 1. The van der Waals surface area contributed by atoms with Crippen LogP contribution in [0, 0.1) is 5.82 Å². The highest BCUT2D eigenvalue weighted by Gasteiger charge is 2.26. The van der Waals surface area contributed by atoms with E-state index in [4.69, 9.17) is 5.73 Å². The molecule has 1 aromatic heterocycles. The van der Waals surface area contributed by atoms with Gasteiger partial charge in [-0.15, -0.1) is 0 Å². The van der Waals surface area contributed by atoms with Crippen LogP contribution in [-0.2, 0) is 12.0 Å². The van der Waals surface area contributed by atoms with E-state index in [2.05, 4.69) is 4.98 Å². The number of aromatic nitrogens is 1. The fourth-order valence-corrected chi connectivity index (χ4v) is 1.95. The second-order valence-corrected chi connectivity index (χ2v) is 4.54. The molecule has 0 aliphatic heterocycles. The van der Waals surface area contributed by atoms with Crippen molar-refractivity contribution in [1.29, 1.82) is 0 Å². The number of hydrogen-bond donors (Lipinski definition) is 2. The summed E-state index contributed by atoms with van der Waals surface area (Å²) in [5.74, 6) is -0.292. The number of hydrogen-bond acceptors (Lipinski definition) is 3. The number of nitrogens with zero attached hydrogens (tertiary/aromatic N) is 1. The van der Waals surface area contributed by atoms with Crippen LogP contribution in [0.1, 0.15) is 18.1 Å². The van der Waals surface area contributed by atoms with Crippen molar-refractivity contribution in [2.45, 2.75) is 18.9 Å². The Morgan fingerprint density at radius 1 is 1.28 bits per heavy atom. The van der Waals surface area contributed by atoms with Crippen LogP contribution in [0.25, 0.3) is 0 Å².